The van der Waals surface area contributed by atoms with Crippen molar-refractivity contribution < 1.29 is 32.1 Å². The molecule has 1 fully saturated rings. The molecule has 0 amide bonds. The first-order chi connectivity index (χ1) is 17.8. The lowest BCUT2D eigenvalue weighted by Crippen LogP contribution is -2.47. The SMILES string of the molecule is COCCOc1cc2c(N[C@H](C)c3cccc(C(F)(F)[C@H]4CNCCO4)c3F)nc(C)nc2cc1OC. The molecule has 2 aromatic carbocycles. The van der Waals surface area contributed by atoms with Gasteiger partial charge in [-0.1, -0.05) is 12.1 Å². The molecule has 0 unspecified atom stereocenters. The van der Waals surface area contributed by atoms with E-state index in [0.29, 0.717) is 53.8 Å². The molecular formula is C26H31F3N4O4. The average Bonchev–Trinajstić information content (AvgIpc) is 2.89. The highest BCUT2D eigenvalue weighted by molar-refractivity contribution is 5.92. The number of hydrogen-bond acceptors (Lipinski definition) is 8. The van der Waals surface area contributed by atoms with Gasteiger partial charge in [-0.2, -0.15) is 8.78 Å². The zero-order valence-corrected chi connectivity index (χ0v) is 21.2. The number of ether oxygens (including phenoxy) is 4. The second-order valence-corrected chi connectivity index (χ2v) is 8.74. The summed E-state index contributed by atoms with van der Waals surface area (Å²) in [7, 11) is 3.10. The summed E-state index contributed by atoms with van der Waals surface area (Å²) in [4.78, 5) is 8.97. The van der Waals surface area contributed by atoms with E-state index in [1.165, 1.54) is 19.2 Å². The minimum absolute atomic E-state index is 0.0606. The molecule has 37 heavy (non-hydrogen) atoms. The van der Waals surface area contributed by atoms with Gasteiger partial charge in [0.05, 0.1) is 37.4 Å². The van der Waals surface area contributed by atoms with Crippen molar-refractivity contribution in [3.8, 4) is 11.5 Å². The normalized spacial score (nSPS) is 17.0. The molecule has 1 saturated heterocycles. The Kier molecular flexibility index (Phi) is 8.35. The second kappa shape index (κ2) is 11.5. The lowest BCUT2D eigenvalue weighted by Gasteiger charge is -2.31. The Hall–Kier alpha value is -3.15. The maximum Gasteiger partial charge on any atom is 0.302 e. The molecule has 2 heterocycles. The highest BCUT2D eigenvalue weighted by atomic mass is 19.3. The number of aryl methyl sites for hydroxylation is 1. The molecule has 3 aromatic rings. The lowest BCUT2D eigenvalue weighted by molar-refractivity contribution is -0.153. The number of aromatic nitrogens is 2. The molecule has 4 rings (SSSR count). The van der Waals surface area contributed by atoms with Gasteiger partial charge in [0.1, 0.15) is 30.2 Å². The molecule has 0 bridgehead atoms. The van der Waals surface area contributed by atoms with Crippen molar-refractivity contribution in [1.29, 1.82) is 0 Å². The van der Waals surface area contributed by atoms with E-state index in [9.17, 15) is 0 Å². The smallest absolute Gasteiger partial charge is 0.302 e. The number of hydrogen-bond donors (Lipinski definition) is 2. The third kappa shape index (κ3) is 5.73. The molecule has 200 valence electrons. The van der Waals surface area contributed by atoms with Crippen molar-refractivity contribution in [3.05, 3.63) is 53.1 Å². The van der Waals surface area contributed by atoms with Gasteiger partial charge in [-0.3, -0.25) is 0 Å². The Bertz CT molecular complexity index is 1240. The maximum atomic E-state index is 15.5. The first-order valence-electron chi connectivity index (χ1n) is 12.0. The van der Waals surface area contributed by atoms with E-state index in [2.05, 4.69) is 20.6 Å². The Morgan fingerprint density at radius 2 is 2.00 bits per heavy atom. The average molecular weight is 521 g/mol. The van der Waals surface area contributed by atoms with Crippen LogP contribution in [0, 0.1) is 12.7 Å². The van der Waals surface area contributed by atoms with E-state index < -0.39 is 29.4 Å². The molecule has 2 N–H and O–H groups in total. The highest BCUT2D eigenvalue weighted by Crippen LogP contribution is 2.39. The second-order valence-electron chi connectivity index (χ2n) is 8.74. The van der Waals surface area contributed by atoms with E-state index in [-0.39, 0.29) is 18.7 Å². The number of anilines is 1. The standard InChI is InChI=1S/C26H31F3N4O4/c1-15(17-6-5-7-19(24(17)27)26(28,29)23-14-30-8-9-37-23)31-25-18-12-22(36-11-10-34-3)21(35-4)13-20(18)32-16(2)33-25/h5-7,12-13,15,23,30H,8-11,14H2,1-4H3,(H,31,32,33)/t15-,23-/m1/s1. The van der Waals surface area contributed by atoms with Gasteiger partial charge < -0.3 is 29.6 Å². The molecule has 0 saturated carbocycles. The van der Waals surface area contributed by atoms with Crippen molar-refractivity contribution in [1.82, 2.24) is 15.3 Å². The minimum atomic E-state index is -3.50. The molecule has 0 radical (unpaired) electrons. The number of alkyl halides is 2. The fourth-order valence-electron chi connectivity index (χ4n) is 4.27. The van der Waals surface area contributed by atoms with Gasteiger partial charge in [-0.15, -0.1) is 0 Å². The molecule has 2 atom stereocenters. The van der Waals surface area contributed by atoms with E-state index in [1.54, 1.807) is 33.1 Å². The summed E-state index contributed by atoms with van der Waals surface area (Å²) in [5.41, 5.74) is -0.0362. The fraction of sp³-hybridized carbons (Fsp3) is 0.462. The first-order valence-corrected chi connectivity index (χ1v) is 12.0. The zero-order valence-electron chi connectivity index (χ0n) is 21.2. The van der Waals surface area contributed by atoms with E-state index >= 15 is 13.2 Å². The van der Waals surface area contributed by atoms with Gasteiger partial charge >= 0.3 is 5.92 Å². The van der Waals surface area contributed by atoms with Crippen LogP contribution in [0.3, 0.4) is 0 Å². The maximum absolute atomic E-state index is 15.5. The number of fused-ring (bicyclic) bond motifs is 1. The van der Waals surface area contributed by atoms with Crippen molar-refractivity contribution in [3.63, 3.8) is 0 Å². The number of rotatable bonds is 10. The van der Waals surface area contributed by atoms with Gasteiger partial charge in [-0.05, 0) is 26.0 Å². The summed E-state index contributed by atoms with van der Waals surface area (Å²) in [5, 5.41) is 6.65. The zero-order chi connectivity index (χ0) is 26.6. The van der Waals surface area contributed by atoms with Crippen molar-refractivity contribution in [2.45, 2.75) is 31.9 Å². The molecule has 1 aliphatic rings. The van der Waals surface area contributed by atoms with Gasteiger partial charge in [0.15, 0.2) is 11.5 Å². The highest BCUT2D eigenvalue weighted by Gasteiger charge is 2.45. The van der Waals surface area contributed by atoms with Crippen molar-refractivity contribution >= 4 is 16.7 Å². The summed E-state index contributed by atoms with van der Waals surface area (Å²) in [5.74, 6) is -2.66. The summed E-state index contributed by atoms with van der Waals surface area (Å²) >= 11 is 0. The molecule has 1 aliphatic heterocycles. The number of morpholine rings is 1. The van der Waals surface area contributed by atoms with Crippen LogP contribution in [-0.2, 0) is 15.4 Å². The van der Waals surface area contributed by atoms with Crippen LogP contribution in [0.2, 0.25) is 0 Å². The lowest BCUT2D eigenvalue weighted by atomic mass is 9.96. The number of methoxy groups -OCH3 is 2. The van der Waals surface area contributed by atoms with Crippen LogP contribution in [0.4, 0.5) is 19.0 Å². The third-order valence-corrected chi connectivity index (χ3v) is 6.18. The molecule has 0 spiro atoms. The first kappa shape index (κ1) is 26.9. The van der Waals surface area contributed by atoms with E-state index in [4.69, 9.17) is 18.9 Å². The van der Waals surface area contributed by atoms with Gasteiger partial charge in [0.2, 0.25) is 0 Å². The number of nitrogens with zero attached hydrogens (tertiary/aromatic N) is 2. The predicted molar refractivity (Wildman–Crippen MR) is 133 cm³/mol. The quantitative estimate of drug-likeness (QED) is 0.382. The van der Waals surface area contributed by atoms with Gasteiger partial charge in [0, 0.05) is 37.2 Å². The van der Waals surface area contributed by atoms with Gasteiger partial charge in [0.25, 0.3) is 0 Å². The van der Waals surface area contributed by atoms with Crippen LogP contribution < -0.4 is 20.1 Å². The monoisotopic (exact) mass is 520 g/mol. The van der Waals surface area contributed by atoms with Crippen molar-refractivity contribution in [2.75, 3.05) is 52.4 Å². The van der Waals surface area contributed by atoms with E-state index in [1.807, 2.05) is 0 Å². The number of nitrogens with one attached hydrogen (secondary N) is 2. The van der Waals surface area contributed by atoms with Crippen LogP contribution in [0.15, 0.2) is 30.3 Å². The topological polar surface area (TPSA) is 86.8 Å². The largest absolute Gasteiger partial charge is 0.493 e. The molecule has 0 aliphatic carbocycles. The molecule has 1 aromatic heterocycles. The van der Waals surface area contributed by atoms with Gasteiger partial charge in [-0.25, -0.2) is 14.4 Å². The Labute approximate surface area is 213 Å². The summed E-state index contributed by atoms with van der Waals surface area (Å²) < 4.78 is 67.4. The van der Waals surface area contributed by atoms with E-state index in [0.717, 1.165) is 6.07 Å². The minimum Gasteiger partial charge on any atom is -0.493 e. The Morgan fingerprint density at radius 3 is 2.70 bits per heavy atom. The van der Waals surface area contributed by atoms with Crippen LogP contribution in [-0.4, -0.2) is 63.2 Å². The number of benzene rings is 2. The third-order valence-electron chi connectivity index (χ3n) is 6.18. The van der Waals surface area contributed by atoms with Crippen LogP contribution >= 0.6 is 0 Å². The summed E-state index contributed by atoms with van der Waals surface area (Å²) in [6.45, 7) is 4.66. The predicted octanol–water partition coefficient (Wildman–Crippen LogP) is 4.36. The summed E-state index contributed by atoms with van der Waals surface area (Å²) in [6, 6.07) is 6.76. The summed E-state index contributed by atoms with van der Waals surface area (Å²) in [6.07, 6.45) is -1.45. The molecule has 8 nitrogen and oxygen atoms in total. The van der Waals surface area contributed by atoms with Crippen LogP contribution in [0.5, 0.6) is 11.5 Å². The van der Waals surface area contributed by atoms with Crippen LogP contribution in [0.25, 0.3) is 10.9 Å². The Balaban J connectivity index is 1.67. The van der Waals surface area contributed by atoms with Crippen molar-refractivity contribution in [2.24, 2.45) is 0 Å². The Morgan fingerprint density at radius 1 is 1.19 bits per heavy atom. The molecule has 11 heteroatoms. The van der Waals surface area contributed by atoms with Crippen LogP contribution in [0.1, 0.15) is 29.9 Å². The molecular weight excluding hydrogens is 489 g/mol. The number of halogens is 3. The fourth-order valence-corrected chi connectivity index (χ4v) is 4.27.